The second-order valence-electron chi connectivity index (χ2n) is 3.96. The van der Waals surface area contributed by atoms with E-state index in [1.165, 1.54) is 25.3 Å². The molecule has 110 valence electrons. The van der Waals surface area contributed by atoms with Gasteiger partial charge in [-0.2, -0.15) is 0 Å². The molecule has 0 fully saturated rings. The van der Waals surface area contributed by atoms with Crippen molar-refractivity contribution in [3.8, 4) is 17.2 Å². The van der Waals surface area contributed by atoms with Crippen LogP contribution >= 0.6 is 23.2 Å². The molecule has 0 saturated heterocycles. The van der Waals surface area contributed by atoms with Crippen molar-refractivity contribution < 1.29 is 23.8 Å². The Bertz CT molecular complexity index is 704. The van der Waals surface area contributed by atoms with E-state index in [0.29, 0.717) is 0 Å². The summed E-state index contributed by atoms with van der Waals surface area (Å²) in [5, 5.41) is 9.38. The predicted molar refractivity (Wildman–Crippen MR) is 76.4 cm³/mol. The first-order chi connectivity index (χ1) is 9.92. The minimum Gasteiger partial charge on any atom is -0.493 e. The lowest BCUT2D eigenvalue weighted by atomic mass is 10.2. The monoisotopic (exact) mass is 330 g/mol. The number of carbonyl (C=O) groups is 1. The molecule has 0 atom stereocenters. The van der Waals surface area contributed by atoms with Gasteiger partial charge in [-0.1, -0.05) is 23.2 Å². The molecule has 2 aromatic carbocycles. The van der Waals surface area contributed by atoms with Crippen molar-refractivity contribution in [1.29, 1.82) is 0 Å². The lowest BCUT2D eigenvalue weighted by Gasteiger charge is -2.13. The fourth-order valence-corrected chi connectivity index (χ4v) is 1.94. The first-order valence-electron chi connectivity index (χ1n) is 5.66. The molecule has 21 heavy (non-hydrogen) atoms. The first-order valence-corrected chi connectivity index (χ1v) is 6.41. The number of carboxylic acids is 1. The van der Waals surface area contributed by atoms with E-state index in [2.05, 4.69) is 0 Å². The molecule has 0 radical (unpaired) electrons. The van der Waals surface area contributed by atoms with Crippen LogP contribution in [0.15, 0.2) is 30.3 Å². The zero-order chi connectivity index (χ0) is 15.6. The van der Waals surface area contributed by atoms with Gasteiger partial charge in [0.1, 0.15) is 17.1 Å². The number of hydrogen-bond acceptors (Lipinski definition) is 3. The standard InChI is InChI=1S/C14H9Cl2FO4/c1-20-13-4-7(17)2-3-11(13)21-12-6-10(16)9(15)5-8(12)14(18)19/h2-6H,1H3,(H,18,19). The lowest BCUT2D eigenvalue weighted by molar-refractivity contribution is 0.0694. The number of methoxy groups -OCH3 is 1. The van der Waals surface area contributed by atoms with Gasteiger partial charge in [-0.25, -0.2) is 9.18 Å². The van der Waals surface area contributed by atoms with Crippen LogP contribution in [0.3, 0.4) is 0 Å². The summed E-state index contributed by atoms with van der Waals surface area (Å²) in [7, 11) is 1.34. The highest BCUT2D eigenvalue weighted by atomic mass is 35.5. The Labute approximate surface area is 129 Å². The number of ether oxygens (including phenoxy) is 2. The van der Waals surface area contributed by atoms with Crippen LogP contribution in [-0.2, 0) is 0 Å². The van der Waals surface area contributed by atoms with Crippen molar-refractivity contribution in [3.63, 3.8) is 0 Å². The first kappa shape index (κ1) is 15.4. The molecule has 0 aliphatic rings. The average molecular weight is 331 g/mol. The van der Waals surface area contributed by atoms with Gasteiger partial charge in [-0.3, -0.25) is 0 Å². The summed E-state index contributed by atoms with van der Waals surface area (Å²) in [6.45, 7) is 0. The SMILES string of the molecule is COc1cc(F)ccc1Oc1cc(Cl)c(Cl)cc1C(=O)O. The van der Waals surface area contributed by atoms with Crippen LogP contribution in [0.1, 0.15) is 10.4 Å². The van der Waals surface area contributed by atoms with Crippen LogP contribution < -0.4 is 9.47 Å². The molecule has 1 N–H and O–H groups in total. The summed E-state index contributed by atoms with van der Waals surface area (Å²) in [6, 6.07) is 6.05. The van der Waals surface area contributed by atoms with Crippen LogP contribution in [0.5, 0.6) is 17.2 Å². The van der Waals surface area contributed by atoms with Crippen molar-refractivity contribution in [2.24, 2.45) is 0 Å². The molecule has 7 heteroatoms. The van der Waals surface area contributed by atoms with E-state index in [1.54, 1.807) is 0 Å². The van der Waals surface area contributed by atoms with E-state index in [0.717, 1.165) is 12.1 Å². The van der Waals surface area contributed by atoms with Crippen molar-refractivity contribution >= 4 is 29.2 Å². The van der Waals surface area contributed by atoms with Crippen molar-refractivity contribution in [3.05, 3.63) is 51.8 Å². The second-order valence-corrected chi connectivity index (χ2v) is 4.78. The summed E-state index contributed by atoms with van der Waals surface area (Å²) in [5.74, 6) is -1.49. The van der Waals surface area contributed by atoms with E-state index in [1.807, 2.05) is 0 Å². The van der Waals surface area contributed by atoms with E-state index in [9.17, 15) is 9.18 Å². The Morgan fingerprint density at radius 1 is 1.10 bits per heavy atom. The van der Waals surface area contributed by atoms with Crippen LogP contribution in [-0.4, -0.2) is 18.2 Å². The van der Waals surface area contributed by atoms with E-state index in [-0.39, 0.29) is 32.9 Å². The number of benzene rings is 2. The zero-order valence-electron chi connectivity index (χ0n) is 10.7. The molecule has 2 rings (SSSR count). The fraction of sp³-hybridized carbons (Fsp3) is 0.0714. The highest BCUT2D eigenvalue weighted by molar-refractivity contribution is 6.42. The number of hydrogen-bond donors (Lipinski definition) is 1. The maximum absolute atomic E-state index is 13.1. The molecule has 0 aliphatic heterocycles. The molecular weight excluding hydrogens is 322 g/mol. The number of halogens is 3. The molecule has 0 spiro atoms. The molecular formula is C14H9Cl2FO4. The Morgan fingerprint density at radius 2 is 1.76 bits per heavy atom. The van der Waals surface area contributed by atoms with Gasteiger partial charge >= 0.3 is 5.97 Å². The van der Waals surface area contributed by atoms with Gasteiger partial charge in [-0.05, 0) is 18.2 Å². The zero-order valence-corrected chi connectivity index (χ0v) is 12.2. The Hall–Kier alpha value is -1.98. The van der Waals surface area contributed by atoms with Gasteiger partial charge in [0.05, 0.1) is 17.2 Å². The maximum Gasteiger partial charge on any atom is 0.339 e. The van der Waals surface area contributed by atoms with Gasteiger partial charge < -0.3 is 14.6 Å². The summed E-state index contributed by atoms with van der Waals surface area (Å²) >= 11 is 11.6. The van der Waals surface area contributed by atoms with Gasteiger partial charge in [0.15, 0.2) is 11.5 Å². The average Bonchev–Trinajstić information content (AvgIpc) is 2.44. The number of carboxylic acid groups (broad SMARTS) is 1. The second kappa shape index (κ2) is 6.20. The molecule has 0 bridgehead atoms. The minimum atomic E-state index is -1.23. The van der Waals surface area contributed by atoms with E-state index >= 15 is 0 Å². The maximum atomic E-state index is 13.1. The fourth-order valence-electron chi connectivity index (χ4n) is 1.62. The van der Waals surface area contributed by atoms with Gasteiger partial charge in [0, 0.05) is 12.1 Å². The summed E-state index contributed by atoms with van der Waals surface area (Å²) in [6.07, 6.45) is 0. The van der Waals surface area contributed by atoms with Gasteiger partial charge in [0.25, 0.3) is 0 Å². The Balaban J connectivity index is 2.48. The molecule has 4 nitrogen and oxygen atoms in total. The topological polar surface area (TPSA) is 55.8 Å². The Morgan fingerprint density at radius 3 is 2.38 bits per heavy atom. The summed E-state index contributed by atoms with van der Waals surface area (Å²) in [5.41, 5.74) is -0.171. The third kappa shape index (κ3) is 3.37. The van der Waals surface area contributed by atoms with Crippen LogP contribution in [0.25, 0.3) is 0 Å². The minimum absolute atomic E-state index is 0.0261. The molecule has 0 amide bonds. The van der Waals surface area contributed by atoms with Gasteiger partial charge in [-0.15, -0.1) is 0 Å². The van der Waals surface area contributed by atoms with Crippen LogP contribution in [0.2, 0.25) is 10.0 Å². The molecule has 0 aliphatic carbocycles. The molecule has 2 aromatic rings. The third-order valence-corrected chi connectivity index (χ3v) is 3.32. The van der Waals surface area contributed by atoms with Gasteiger partial charge in [0.2, 0.25) is 0 Å². The third-order valence-electron chi connectivity index (χ3n) is 2.60. The summed E-state index contributed by atoms with van der Waals surface area (Å²) in [4.78, 5) is 11.2. The largest absolute Gasteiger partial charge is 0.493 e. The highest BCUT2D eigenvalue weighted by Gasteiger charge is 2.17. The normalized spacial score (nSPS) is 10.3. The van der Waals surface area contributed by atoms with Crippen LogP contribution in [0, 0.1) is 5.82 Å². The molecule has 0 saturated carbocycles. The molecule has 0 heterocycles. The molecule has 0 unspecified atom stereocenters. The van der Waals surface area contributed by atoms with Crippen molar-refractivity contribution in [2.45, 2.75) is 0 Å². The predicted octanol–water partition coefficient (Wildman–Crippen LogP) is 4.63. The number of aromatic carboxylic acids is 1. The highest BCUT2D eigenvalue weighted by Crippen LogP contribution is 2.37. The van der Waals surface area contributed by atoms with Crippen molar-refractivity contribution in [1.82, 2.24) is 0 Å². The van der Waals surface area contributed by atoms with Crippen molar-refractivity contribution in [2.75, 3.05) is 7.11 Å². The number of rotatable bonds is 4. The van der Waals surface area contributed by atoms with E-state index < -0.39 is 11.8 Å². The molecule has 0 aromatic heterocycles. The summed E-state index contributed by atoms with van der Waals surface area (Å²) < 4.78 is 23.6. The Kier molecular flexibility index (Phi) is 4.55. The van der Waals surface area contributed by atoms with E-state index in [4.69, 9.17) is 37.8 Å². The lowest BCUT2D eigenvalue weighted by Crippen LogP contribution is -2.01. The van der Waals surface area contributed by atoms with Crippen LogP contribution in [0.4, 0.5) is 4.39 Å². The smallest absolute Gasteiger partial charge is 0.339 e. The quantitative estimate of drug-likeness (QED) is 0.887.